The molecular formula is C15H24N4O2. The first-order valence-electron chi connectivity index (χ1n) is 7.86. The molecule has 2 aliphatic rings. The monoisotopic (exact) mass is 292 g/mol. The number of rotatable bonds is 4. The van der Waals surface area contributed by atoms with E-state index in [1.54, 1.807) is 0 Å². The molecule has 1 N–H and O–H groups in total. The number of morpholine rings is 1. The fraction of sp³-hybridized carbons (Fsp3) is 0.733. The van der Waals surface area contributed by atoms with Crippen molar-refractivity contribution < 1.29 is 9.84 Å². The lowest BCUT2D eigenvalue weighted by Gasteiger charge is -2.34. The molecule has 1 atom stereocenters. The summed E-state index contributed by atoms with van der Waals surface area (Å²) in [5.74, 6) is 0.799. The lowest BCUT2D eigenvalue weighted by atomic mass is 10.0. The van der Waals surface area contributed by atoms with Crippen molar-refractivity contribution in [3.8, 4) is 0 Å². The molecule has 1 aromatic rings. The number of aliphatic hydroxyl groups is 1. The first-order valence-corrected chi connectivity index (χ1v) is 7.86. The SMILES string of the molecule is OC[C@@H]1CCCCN1Cc1ccnc(N2CCOCC2)n1. The van der Waals surface area contributed by atoms with Crippen LogP contribution >= 0.6 is 0 Å². The minimum atomic E-state index is 0.238. The van der Waals surface area contributed by atoms with Gasteiger partial charge in [0.25, 0.3) is 0 Å². The Morgan fingerprint density at radius 2 is 2.10 bits per heavy atom. The molecule has 116 valence electrons. The maximum absolute atomic E-state index is 9.50. The molecule has 2 fully saturated rings. The van der Waals surface area contributed by atoms with Crippen molar-refractivity contribution in [3.05, 3.63) is 18.0 Å². The Hall–Kier alpha value is -1.24. The van der Waals surface area contributed by atoms with Crippen molar-refractivity contribution in [2.45, 2.75) is 31.8 Å². The van der Waals surface area contributed by atoms with Gasteiger partial charge in [-0.1, -0.05) is 6.42 Å². The number of ether oxygens (including phenoxy) is 1. The summed E-state index contributed by atoms with van der Waals surface area (Å²) >= 11 is 0. The number of hydrogen-bond acceptors (Lipinski definition) is 6. The van der Waals surface area contributed by atoms with Gasteiger partial charge in [-0.25, -0.2) is 9.97 Å². The summed E-state index contributed by atoms with van der Waals surface area (Å²) in [6.07, 6.45) is 5.34. The van der Waals surface area contributed by atoms with E-state index in [9.17, 15) is 5.11 Å². The second-order valence-electron chi connectivity index (χ2n) is 5.75. The van der Waals surface area contributed by atoms with Crippen LogP contribution in [0.25, 0.3) is 0 Å². The number of likely N-dealkylation sites (tertiary alicyclic amines) is 1. The summed E-state index contributed by atoms with van der Waals surface area (Å²) in [4.78, 5) is 13.6. The maximum Gasteiger partial charge on any atom is 0.225 e. The van der Waals surface area contributed by atoms with Crippen LogP contribution in [0, 0.1) is 0 Å². The van der Waals surface area contributed by atoms with Gasteiger partial charge in [-0.3, -0.25) is 4.90 Å². The Morgan fingerprint density at radius 1 is 1.24 bits per heavy atom. The maximum atomic E-state index is 9.50. The average Bonchev–Trinajstić information content (AvgIpc) is 2.56. The van der Waals surface area contributed by atoms with E-state index < -0.39 is 0 Å². The Morgan fingerprint density at radius 3 is 2.90 bits per heavy atom. The minimum absolute atomic E-state index is 0.238. The summed E-state index contributed by atoms with van der Waals surface area (Å²) in [7, 11) is 0. The number of hydrogen-bond donors (Lipinski definition) is 1. The summed E-state index contributed by atoms with van der Waals surface area (Å²) in [5.41, 5.74) is 1.03. The van der Waals surface area contributed by atoms with Gasteiger partial charge in [0.2, 0.25) is 5.95 Å². The molecule has 0 unspecified atom stereocenters. The fourth-order valence-corrected chi connectivity index (χ4v) is 3.07. The van der Waals surface area contributed by atoms with Crippen molar-refractivity contribution in [2.24, 2.45) is 0 Å². The molecule has 0 bridgehead atoms. The smallest absolute Gasteiger partial charge is 0.225 e. The van der Waals surface area contributed by atoms with Gasteiger partial charge in [-0.2, -0.15) is 0 Å². The second kappa shape index (κ2) is 7.15. The molecule has 6 heteroatoms. The molecule has 0 aliphatic carbocycles. The van der Waals surface area contributed by atoms with Crippen molar-refractivity contribution in [1.82, 2.24) is 14.9 Å². The molecule has 3 heterocycles. The standard InChI is InChI=1S/C15H24N4O2/c20-12-14-3-1-2-6-19(14)11-13-4-5-16-15(17-13)18-7-9-21-10-8-18/h4-5,14,20H,1-3,6-12H2/t14-/m0/s1. The molecule has 0 amide bonds. The van der Waals surface area contributed by atoms with E-state index >= 15 is 0 Å². The van der Waals surface area contributed by atoms with E-state index in [0.717, 1.165) is 57.5 Å². The van der Waals surface area contributed by atoms with Crippen LogP contribution in [0.2, 0.25) is 0 Å². The van der Waals surface area contributed by atoms with Crippen molar-refractivity contribution in [2.75, 3.05) is 44.4 Å². The fourth-order valence-electron chi connectivity index (χ4n) is 3.07. The van der Waals surface area contributed by atoms with Crippen molar-refractivity contribution >= 4 is 5.95 Å². The third-order valence-corrected chi connectivity index (χ3v) is 4.32. The molecule has 0 radical (unpaired) electrons. The lowest BCUT2D eigenvalue weighted by Crippen LogP contribution is -2.41. The molecule has 6 nitrogen and oxygen atoms in total. The highest BCUT2D eigenvalue weighted by Gasteiger charge is 2.22. The predicted octanol–water partition coefficient (Wildman–Crippen LogP) is 0.660. The van der Waals surface area contributed by atoms with Gasteiger partial charge < -0.3 is 14.7 Å². The molecule has 0 aromatic carbocycles. The number of aliphatic hydroxyl groups excluding tert-OH is 1. The summed E-state index contributed by atoms with van der Waals surface area (Å²) in [6.45, 7) is 5.27. The lowest BCUT2D eigenvalue weighted by molar-refractivity contribution is 0.0830. The number of piperidine rings is 1. The molecule has 21 heavy (non-hydrogen) atoms. The first-order chi connectivity index (χ1) is 10.4. The van der Waals surface area contributed by atoms with Gasteiger partial charge in [-0.15, -0.1) is 0 Å². The zero-order valence-corrected chi connectivity index (χ0v) is 12.4. The summed E-state index contributed by atoms with van der Waals surface area (Å²) in [5, 5.41) is 9.50. The average molecular weight is 292 g/mol. The second-order valence-corrected chi connectivity index (χ2v) is 5.75. The zero-order chi connectivity index (χ0) is 14.5. The van der Waals surface area contributed by atoms with E-state index in [1.807, 2.05) is 12.3 Å². The Kier molecular flexibility index (Phi) is 5.00. The van der Waals surface area contributed by atoms with Crippen LogP contribution < -0.4 is 4.90 Å². The molecule has 2 aliphatic heterocycles. The summed E-state index contributed by atoms with van der Waals surface area (Å²) in [6, 6.07) is 2.26. The van der Waals surface area contributed by atoms with Crippen LogP contribution in [0.4, 0.5) is 5.95 Å². The molecule has 0 saturated carbocycles. The minimum Gasteiger partial charge on any atom is -0.395 e. The third-order valence-electron chi connectivity index (χ3n) is 4.32. The Bertz CT molecular complexity index is 451. The van der Waals surface area contributed by atoms with Crippen LogP contribution in [0.3, 0.4) is 0 Å². The molecule has 1 aromatic heterocycles. The van der Waals surface area contributed by atoms with Crippen LogP contribution in [0.5, 0.6) is 0 Å². The highest BCUT2D eigenvalue weighted by molar-refractivity contribution is 5.30. The predicted molar refractivity (Wildman–Crippen MR) is 80.2 cm³/mol. The van der Waals surface area contributed by atoms with Crippen LogP contribution in [0.1, 0.15) is 25.0 Å². The number of nitrogens with zero attached hydrogens (tertiary/aromatic N) is 4. The zero-order valence-electron chi connectivity index (χ0n) is 12.4. The van der Waals surface area contributed by atoms with E-state index in [2.05, 4.69) is 14.8 Å². The largest absolute Gasteiger partial charge is 0.395 e. The van der Waals surface area contributed by atoms with Gasteiger partial charge >= 0.3 is 0 Å². The van der Waals surface area contributed by atoms with Gasteiger partial charge in [-0.05, 0) is 25.5 Å². The highest BCUT2D eigenvalue weighted by atomic mass is 16.5. The van der Waals surface area contributed by atoms with E-state index in [0.29, 0.717) is 0 Å². The summed E-state index contributed by atoms with van der Waals surface area (Å²) < 4.78 is 5.37. The number of anilines is 1. The van der Waals surface area contributed by atoms with Gasteiger partial charge in [0, 0.05) is 31.9 Å². The van der Waals surface area contributed by atoms with Crippen LogP contribution in [0.15, 0.2) is 12.3 Å². The Balaban J connectivity index is 1.67. The number of aromatic nitrogens is 2. The van der Waals surface area contributed by atoms with E-state index in [-0.39, 0.29) is 12.6 Å². The molecular weight excluding hydrogens is 268 g/mol. The van der Waals surface area contributed by atoms with E-state index in [1.165, 1.54) is 12.8 Å². The van der Waals surface area contributed by atoms with Gasteiger partial charge in [0.15, 0.2) is 0 Å². The van der Waals surface area contributed by atoms with Gasteiger partial charge in [0.1, 0.15) is 0 Å². The quantitative estimate of drug-likeness (QED) is 0.880. The molecule has 3 rings (SSSR count). The van der Waals surface area contributed by atoms with Crippen LogP contribution in [-0.2, 0) is 11.3 Å². The molecule has 2 saturated heterocycles. The van der Waals surface area contributed by atoms with Crippen LogP contribution in [-0.4, -0.2) is 65.5 Å². The van der Waals surface area contributed by atoms with E-state index in [4.69, 9.17) is 9.72 Å². The normalized spacial score (nSPS) is 24.2. The third kappa shape index (κ3) is 3.70. The highest BCUT2D eigenvalue weighted by Crippen LogP contribution is 2.19. The van der Waals surface area contributed by atoms with Gasteiger partial charge in [0.05, 0.1) is 25.5 Å². The Labute approximate surface area is 125 Å². The van der Waals surface area contributed by atoms with Crippen molar-refractivity contribution in [1.29, 1.82) is 0 Å². The molecule has 0 spiro atoms. The van der Waals surface area contributed by atoms with Crippen molar-refractivity contribution in [3.63, 3.8) is 0 Å². The topological polar surface area (TPSA) is 61.7 Å². The first kappa shape index (κ1) is 14.7.